The van der Waals surface area contributed by atoms with E-state index in [-0.39, 0.29) is 5.91 Å². The third kappa shape index (κ3) is 4.06. The SMILES string of the molecule is Cc1cc(N2CCCCC2)nc(CNC(=O)c2ccccc2)n1. The summed E-state index contributed by atoms with van der Waals surface area (Å²) in [6.07, 6.45) is 3.72. The Morgan fingerprint density at radius 3 is 2.61 bits per heavy atom. The normalized spacial score (nSPS) is 14.6. The summed E-state index contributed by atoms with van der Waals surface area (Å²) in [7, 11) is 0. The van der Waals surface area contributed by atoms with Crippen LogP contribution < -0.4 is 10.2 Å². The van der Waals surface area contributed by atoms with Crippen molar-refractivity contribution >= 4 is 11.7 Å². The molecule has 2 heterocycles. The highest BCUT2D eigenvalue weighted by Gasteiger charge is 2.14. The molecule has 0 atom stereocenters. The van der Waals surface area contributed by atoms with Crippen LogP contribution in [0.25, 0.3) is 0 Å². The Bertz CT molecular complexity index is 666. The number of nitrogens with one attached hydrogen (secondary N) is 1. The quantitative estimate of drug-likeness (QED) is 0.943. The summed E-state index contributed by atoms with van der Waals surface area (Å²) in [5.41, 5.74) is 1.58. The van der Waals surface area contributed by atoms with E-state index in [1.807, 2.05) is 31.2 Å². The molecule has 0 saturated carbocycles. The van der Waals surface area contributed by atoms with Gasteiger partial charge in [0.15, 0.2) is 0 Å². The van der Waals surface area contributed by atoms with Gasteiger partial charge >= 0.3 is 0 Å². The first-order valence-electron chi connectivity index (χ1n) is 8.15. The second kappa shape index (κ2) is 7.22. The predicted molar refractivity (Wildman–Crippen MR) is 90.4 cm³/mol. The zero-order valence-electron chi connectivity index (χ0n) is 13.5. The second-order valence-electron chi connectivity index (χ2n) is 5.88. The van der Waals surface area contributed by atoms with Crippen LogP contribution in [0.4, 0.5) is 5.82 Å². The van der Waals surface area contributed by atoms with Crippen LogP contribution in [-0.4, -0.2) is 29.0 Å². The van der Waals surface area contributed by atoms with Gasteiger partial charge in [-0.25, -0.2) is 9.97 Å². The highest BCUT2D eigenvalue weighted by molar-refractivity contribution is 5.93. The Hall–Kier alpha value is -2.43. The number of amides is 1. The third-order valence-electron chi connectivity index (χ3n) is 4.01. The van der Waals surface area contributed by atoms with Crippen LogP contribution in [0.1, 0.15) is 41.1 Å². The Kier molecular flexibility index (Phi) is 4.86. The maximum absolute atomic E-state index is 12.1. The lowest BCUT2D eigenvalue weighted by Gasteiger charge is -2.28. The lowest BCUT2D eigenvalue weighted by atomic mass is 10.1. The van der Waals surface area contributed by atoms with Gasteiger partial charge in [-0.2, -0.15) is 0 Å². The maximum Gasteiger partial charge on any atom is 0.251 e. The molecule has 1 aromatic carbocycles. The van der Waals surface area contributed by atoms with Gasteiger partial charge in [-0.05, 0) is 38.3 Å². The molecule has 3 rings (SSSR count). The van der Waals surface area contributed by atoms with Gasteiger partial charge in [0.1, 0.15) is 11.6 Å². The van der Waals surface area contributed by atoms with Gasteiger partial charge in [0.2, 0.25) is 0 Å². The first-order valence-corrected chi connectivity index (χ1v) is 8.15. The number of carbonyl (C=O) groups excluding carboxylic acids is 1. The van der Waals surface area contributed by atoms with E-state index in [2.05, 4.69) is 20.2 Å². The summed E-state index contributed by atoms with van der Waals surface area (Å²) in [5.74, 6) is 1.53. The van der Waals surface area contributed by atoms with Crippen molar-refractivity contribution in [2.45, 2.75) is 32.7 Å². The molecule has 1 fully saturated rings. The average molecular weight is 310 g/mol. The molecular formula is C18H22N4O. The Morgan fingerprint density at radius 2 is 1.87 bits per heavy atom. The monoisotopic (exact) mass is 310 g/mol. The number of aromatic nitrogens is 2. The second-order valence-corrected chi connectivity index (χ2v) is 5.88. The smallest absolute Gasteiger partial charge is 0.251 e. The van der Waals surface area contributed by atoms with Crippen molar-refractivity contribution in [1.29, 1.82) is 0 Å². The molecular weight excluding hydrogens is 288 g/mol. The Labute approximate surface area is 136 Å². The van der Waals surface area contributed by atoms with Crippen LogP contribution in [0, 0.1) is 6.92 Å². The van der Waals surface area contributed by atoms with Gasteiger partial charge < -0.3 is 10.2 Å². The number of hydrogen-bond donors (Lipinski definition) is 1. The summed E-state index contributed by atoms with van der Waals surface area (Å²) >= 11 is 0. The Balaban J connectivity index is 1.68. The number of aryl methyl sites for hydroxylation is 1. The molecule has 0 unspecified atom stereocenters. The molecule has 1 aliphatic heterocycles. The first-order chi connectivity index (χ1) is 11.2. The molecule has 0 aliphatic carbocycles. The van der Waals surface area contributed by atoms with E-state index >= 15 is 0 Å². The van der Waals surface area contributed by atoms with Gasteiger partial charge in [-0.15, -0.1) is 0 Å². The van der Waals surface area contributed by atoms with Crippen LogP contribution in [0.3, 0.4) is 0 Å². The number of piperidine rings is 1. The van der Waals surface area contributed by atoms with E-state index in [1.54, 1.807) is 12.1 Å². The summed E-state index contributed by atoms with van der Waals surface area (Å²) in [6, 6.07) is 11.2. The summed E-state index contributed by atoms with van der Waals surface area (Å²) in [4.78, 5) is 23.5. The lowest BCUT2D eigenvalue weighted by Crippen LogP contribution is -2.31. The molecule has 0 spiro atoms. The van der Waals surface area contributed by atoms with Crippen LogP contribution in [0.2, 0.25) is 0 Å². The van der Waals surface area contributed by atoms with Crippen molar-refractivity contribution in [2.75, 3.05) is 18.0 Å². The topological polar surface area (TPSA) is 58.1 Å². The molecule has 1 N–H and O–H groups in total. The molecule has 1 aromatic heterocycles. The number of hydrogen-bond acceptors (Lipinski definition) is 4. The largest absolute Gasteiger partial charge is 0.357 e. The summed E-state index contributed by atoms with van der Waals surface area (Å²) < 4.78 is 0. The molecule has 5 heteroatoms. The van der Waals surface area contributed by atoms with Crippen molar-refractivity contribution in [3.8, 4) is 0 Å². The van der Waals surface area contributed by atoms with Gasteiger partial charge in [-0.3, -0.25) is 4.79 Å². The minimum Gasteiger partial charge on any atom is -0.357 e. The van der Waals surface area contributed by atoms with Crippen LogP contribution >= 0.6 is 0 Å². The molecule has 0 radical (unpaired) electrons. The fraction of sp³-hybridized carbons (Fsp3) is 0.389. The molecule has 1 aliphatic rings. The number of rotatable bonds is 4. The average Bonchev–Trinajstić information content (AvgIpc) is 2.61. The molecule has 2 aromatic rings. The highest BCUT2D eigenvalue weighted by Crippen LogP contribution is 2.18. The molecule has 0 bridgehead atoms. The van der Waals surface area contributed by atoms with Gasteiger partial charge in [0.25, 0.3) is 5.91 Å². The van der Waals surface area contributed by atoms with Crippen LogP contribution in [0.15, 0.2) is 36.4 Å². The molecule has 120 valence electrons. The fourth-order valence-corrected chi connectivity index (χ4v) is 2.83. The first kappa shape index (κ1) is 15.5. The zero-order chi connectivity index (χ0) is 16.1. The van der Waals surface area contributed by atoms with Gasteiger partial charge in [0, 0.05) is 30.4 Å². The standard InChI is InChI=1S/C18H22N4O/c1-14-12-17(22-10-6-3-7-11-22)21-16(20-14)13-19-18(23)15-8-4-2-5-9-15/h2,4-5,8-9,12H,3,6-7,10-11,13H2,1H3,(H,19,23). The highest BCUT2D eigenvalue weighted by atomic mass is 16.1. The van der Waals surface area contributed by atoms with E-state index in [0.717, 1.165) is 24.6 Å². The van der Waals surface area contributed by atoms with E-state index in [1.165, 1.54) is 19.3 Å². The van der Waals surface area contributed by atoms with Crippen molar-refractivity contribution in [3.05, 3.63) is 53.5 Å². The van der Waals surface area contributed by atoms with Gasteiger partial charge in [0.05, 0.1) is 6.54 Å². The summed E-state index contributed by atoms with van der Waals surface area (Å²) in [5, 5.41) is 2.89. The van der Waals surface area contributed by atoms with Crippen molar-refractivity contribution in [1.82, 2.24) is 15.3 Å². The molecule has 1 saturated heterocycles. The molecule has 5 nitrogen and oxygen atoms in total. The van der Waals surface area contributed by atoms with Crippen LogP contribution in [0.5, 0.6) is 0 Å². The van der Waals surface area contributed by atoms with E-state index in [0.29, 0.717) is 17.9 Å². The summed E-state index contributed by atoms with van der Waals surface area (Å²) in [6.45, 7) is 4.41. The fourth-order valence-electron chi connectivity index (χ4n) is 2.83. The minimum atomic E-state index is -0.102. The zero-order valence-corrected chi connectivity index (χ0v) is 13.5. The van der Waals surface area contributed by atoms with Gasteiger partial charge in [-0.1, -0.05) is 18.2 Å². The number of anilines is 1. The van der Waals surface area contributed by atoms with Crippen molar-refractivity contribution < 1.29 is 4.79 Å². The minimum absolute atomic E-state index is 0.102. The van der Waals surface area contributed by atoms with E-state index < -0.39 is 0 Å². The maximum atomic E-state index is 12.1. The van der Waals surface area contributed by atoms with E-state index in [4.69, 9.17) is 0 Å². The third-order valence-corrected chi connectivity index (χ3v) is 4.01. The van der Waals surface area contributed by atoms with Crippen molar-refractivity contribution in [3.63, 3.8) is 0 Å². The Morgan fingerprint density at radius 1 is 1.13 bits per heavy atom. The number of nitrogens with zero attached hydrogens (tertiary/aromatic N) is 3. The van der Waals surface area contributed by atoms with E-state index in [9.17, 15) is 4.79 Å². The molecule has 23 heavy (non-hydrogen) atoms. The van der Waals surface area contributed by atoms with Crippen molar-refractivity contribution in [2.24, 2.45) is 0 Å². The molecule has 1 amide bonds. The van der Waals surface area contributed by atoms with Crippen LogP contribution in [-0.2, 0) is 6.54 Å². The predicted octanol–water partition coefficient (Wildman–Crippen LogP) is 2.71. The number of benzene rings is 1. The number of carbonyl (C=O) groups is 1. The lowest BCUT2D eigenvalue weighted by molar-refractivity contribution is 0.0950.